The Hall–Kier alpha value is -2.84. The number of aryl methyl sites for hydroxylation is 1. The Balaban J connectivity index is 1.62. The summed E-state index contributed by atoms with van der Waals surface area (Å²) in [5.41, 5.74) is 8.67. The Morgan fingerprint density at radius 3 is 2.82 bits per heavy atom. The molecule has 144 valence electrons. The molecule has 4 N–H and O–H groups in total. The standard InChI is InChI=1S/C20H22N6OS/c1-12-5-6-24-20(25-12)26-14-4-2-3-13(9-14)15-10-22-11-16(17(15)18(21)27)19-23-7-8-28-19/h2-9,15-17,22H,10-11H2,1H3,(H2,21,27)(H,24,25,26). The number of hydrogen-bond acceptors (Lipinski definition) is 7. The Labute approximate surface area is 167 Å². The first kappa shape index (κ1) is 18.5. The summed E-state index contributed by atoms with van der Waals surface area (Å²) in [5.74, 6) is -0.0933. The number of carbonyl (C=O) groups excluding carboxylic acids is 1. The fraction of sp³-hybridized carbons (Fsp3) is 0.300. The molecule has 3 atom stereocenters. The molecule has 2 aromatic heterocycles. The van der Waals surface area contributed by atoms with Crippen LogP contribution in [0.5, 0.6) is 0 Å². The number of thiazole rings is 1. The Bertz CT molecular complexity index is 961. The van der Waals surface area contributed by atoms with E-state index in [-0.39, 0.29) is 23.7 Å². The topological polar surface area (TPSA) is 106 Å². The van der Waals surface area contributed by atoms with Crippen molar-refractivity contribution in [2.24, 2.45) is 11.7 Å². The summed E-state index contributed by atoms with van der Waals surface area (Å²) in [5, 5.41) is 9.57. The van der Waals surface area contributed by atoms with Gasteiger partial charge in [0.05, 0.1) is 10.9 Å². The monoisotopic (exact) mass is 394 g/mol. The van der Waals surface area contributed by atoms with E-state index in [1.54, 1.807) is 23.7 Å². The normalized spacial score (nSPS) is 22.0. The van der Waals surface area contributed by atoms with Crippen molar-refractivity contribution in [3.63, 3.8) is 0 Å². The third-order valence-corrected chi connectivity index (χ3v) is 5.97. The molecule has 0 spiro atoms. The van der Waals surface area contributed by atoms with E-state index in [1.807, 2.05) is 42.6 Å². The number of aromatic nitrogens is 3. The first-order valence-electron chi connectivity index (χ1n) is 9.18. The SMILES string of the molecule is Cc1ccnc(Nc2cccc(C3CNCC(c4nccs4)C3C(N)=O)c2)n1. The van der Waals surface area contributed by atoms with Crippen LogP contribution in [0.1, 0.15) is 28.1 Å². The largest absolute Gasteiger partial charge is 0.369 e. The number of nitrogens with one attached hydrogen (secondary N) is 2. The minimum Gasteiger partial charge on any atom is -0.369 e. The zero-order chi connectivity index (χ0) is 19.5. The maximum absolute atomic E-state index is 12.4. The van der Waals surface area contributed by atoms with Crippen LogP contribution in [0, 0.1) is 12.8 Å². The second-order valence-corrected chi connectivity index (χ2v) is 7.87. The molecule has 8 heteroatoms. The molecular weight excluding hydrogens is 372 g/mol. The molecule has 1 aliphatic heterocycles. The van der Waals surface area contributed by atoms with Gasteiger partial charge in [-0.1, -0.05) is 12.1 Å². The number of anilines is 2. The summed E-state index contributed by atoms with van der Waals surface area (Å²) >= 11 is 1.57. The Kier molecular flexibility index (Phi) is 5.31. The van der Waals surface area contributed by atoms with Gasteiger partial charge < -0.3 is 16.4 Å². The van der Waals surface area contributed by atoms with E-state index < -0.39 is 0 Å². The van der Waals surface area contributed by atoms with Crippen molar-refractivity contribution >= 4 is 28.9 Å². The lowest BCUT2D eigenvalue weighted by Crippen LogP contribution is -2.46. The van der Waals surface area contributed by atoms with Crippen LogP contribution in [-0.4, -0.2) is 33.9 Å². The van der Waals surface area contributed by atoms with Gasteiger partial charge in [0.25, 0.3) is 0 Å². The van der Waals surface area contributed by atoms with Gasteiger partial charge in [-0.15, -0.1) is 11.3 Å². The number of nitrogens with zero attached hydrogens (tertiary/aromatic N) is 3. The molecule has 0 bridgehead atoms. The van der Waals surface area contributed by atoms with E-state index in [2.05, 4.69) is 25.6 Å². The molecule has 0 saturated carbocycles. The van der Waals surface area contributed by atoms with Crippen LogP contribution in [-0.2, 0) is 4.79 Å². The fourth-order valence-electron chi connectivity index (χ4n) is 3.79. The molecule has 3 aromatic rings. The third-order valence-electron chi connectivity index (χ3n) is 5.06. The van der Waals surface area contributed by atoms with Crippen LogP contribution in [0.4, 0.5) is 11.6 Å². The number of primary amides is 1. The van der Waals surface area contributed by atoms with Crippen molar-refractivity contribution < 1.29 is 4.79 Å². The maximum Gasteiger partial charge on any atom is 0.227 e. The zero-order valence-electron chi connectivity index (χ0n) is 15.5. The lowest BCUT2D eigenvalue weighted by atomic mass is 9.75. The van der Waals surface area contributed by atoms with E-state index in [9.17, 15) is 4.79 Å². The van der Waals surface area contributed by atoms with Crippen molar-refractivity contribution in [2.75, 3.05) is 18.4 Å². The number of hydrogen-bond donors (Lipinski definition) is 3. The summed E-state index contributed by atoms with van der Waals surface area (Å²) in [6.45, 7) is 3.32. The molecule has 3 unspecified atom stereocenters. The van der Waals surface area contributed by atoms with E-state index >= 15 is 0 Å². The highest BCUT2D eigenvalue weighted by Crippen LogP contribution is 2.39. The van der Waals surface area contributed by atoms with Gasteiger partial charge in [-0.3, -0.25) is 4.79 Å². The first-order valence-corrected chi connectivity index (χ1v) is 10.1. The first-order chi connectivity index (χ1) is 13.6. The van der Waals surface area contributed by atoms with Gasteiger partial charge in [-0.25, -0.2) is 15.0 Å². The summed E-state index contributed by atoms with van der Waals surface area (Å²) in [6, 6.07) is 9.86. The molecule has 1 aliphatic rings. The van der Waals surface area contributed by atoms with Crippen molar-refractivity contribution in [3.05, 3.63) is 64.4 Å². The summed E-state index contributed by atoms with van der Waals surface area (Å²) in [7, 11) is 0. The maximum atomic E-state index is 12.4. The molecule has 1 amide bonds. The minimum atomic E-state index is -0.308. The smallest absolute Gasteiger partial charge is 0.227 e. The number of nitrogens with two attached hydrogens (primary N) is 1. The summed E-state index contributed by atoms with van der Waals surface area (Å²) in [6.07, 6.45) is 3.50. The Morgan fingerprint density at radius 1 is 1.21 bits per heavy atom. The number of rotatable bonds is 5. The van der Waals surface area contributed by atoms with Gasteiger partial charge in [0.15, 0.2) is 0 Å². The minimum absolute atomic E-state index is 0.0204. The van der Waals surface area contributed by atoms with E-state index in [1.165, 1.54) is 0 Å². The number of piperidine rings is 1. The Morgan fingerprint density at radius 2 is 2.07 bits per heavy atom. The summed E-state index contributed by atoms with van der Waals surface area (Å²) in [4.78, 5) is 25.5. The van der Waals surface area contributed by atoms with Crippen LogP contribution >= 0.6 is 11.3 Å². The molecule has 0 radical (unpaired) electrons. The van der Waals surface area contributed by atoms with Crippen LogP contribution in [0.15, 0.2) is 48.1 Å². The predicted molar refractivity (Wildman–Crippen MR) is 110 cm³/mol. The predicted octanol–water partition coefficient (Wildman–Crippen LogP) is 2.56. The average Bonchev–Trinajstić information content (AvgIpc) is 3.22. The van der Waals surface area contributed by atoms with Crippen molar-refractivity contribution in [3.8, 4) is 0 Å². The second-order valence-electron chi connectivity index (χ2n) is 6.94. The highest BCUT2D eigenvalue weighted by molar-refractivity contribution is 7.09. The number of carbonyl (C=O) groups is 1. The molecule has 1 fully saturated rings. The highest BCUT2D eigenvalue weighted by Gasteiger charge is 2.40. The molecule has 4 rings (SSSR count). The van der Waals surface area contributed by atoms with Gasteiger partial charge in [-0.2, -0.15) is 0 Å². The van der Waals surface area contributed by atoms with Crippen LogP contribution < -0.4 is 16.4 Å². The van der Waals surface area contributed by atoms with Crippen molar-refractivity contribution in [1.29, 1.82) is 0 Å². The van der Waals surface area contributed by atoms with Crippen molar-refractivity contribution in [1.82, 2.24) is 20.3 Å². The molecule has 28 heavy (non-hydrogen) atoms. The fourth-order valence-corrected chi connectivity index (χ4v) is 4.58. The van der Waals surface area contributed by atoms with Crippen LogP contribution in [0.25, 0.3) is 0 Å². The van der Waals surface area contributed by atoms with E-state index in [0.717, 1.165) is 22.0 Å². The number of amides is 1. The van der Waals surface area contributed by atoms with Gasteiger partial charge in [0.1, 0.15) is 0 Å². The summed E-state index contributed by atoms with van der Waals surface area (Å²) < 4.78 is 0. The molecule has 3 heterocycles. The van der Waals surface area contributed by atoms with E-state index in [4.69, 9.17) is 5.73 Å². The third kappa shape index (κ3) is 3.88. The number of benzene rings is 1. The quantitative estimate of drug-likeness (QED) is 0.614. The lowest BCUT2D eigenvalue weighted by molar-refractivity contribution is -0.123. The van der Waals surface area contributed by atoms with Gasteiger partial charge >= 0.3 is 0 Å². The van der Waals surface area contributed by atoms with Crippen LogP contribution in [0.3, 0.4) is 0 Å². The van der Waals surface area contributed by atoms with Gasteiger partial charge in [-0.05, 0) is 30.7 Å². The van der Waals surface area contributed by atoms with Crippen molar-refractivity contribution in [2.45, 2.75) is 18.8 Å². The van der Waals surface area contributed by atoms with Crippen LogP contribution in [0.2, 0.25) is 0 Å². The second kappa shape index (κ2) is 8.04. The molecular formula is C20H22N6OS. The molecule has 0 aliphatic carbocycles. The van der Waals surface area contributed by atoms with Gasteiger partial charge in [0.2, 0.25) is 11.9 Å². The highest BCUT2D eigenvalue weighted by atomic mass is 32.1. The molecule has 7 nitrogen and oxygen atoms in total. The molecule has 1 saturated heterocycles. The zero-order valence-corrected chi connectivity index (χ0v) is 16.3. The molecule has 1 aromatic carbocycles. The lowest BCUT2D eigenvalue weighted by Gasteiger charge is -2.36. The average molecular weight is 395 g/mol. The van der Waals surface area contributed by atoms with Gasteiger partial charge in [0, 0.05) is 54.1 Å². The van der Waals surface area contributed by atoms with E-state index in [0.29, 0.717) is 19.0 Å².